The summed E-state index contributed by atoms with van der Waals surface area (Å²) in [6.07, 6.45) is 9.25. The quantitative estimate of drug-likeness (QED) is 0.283. The van der Waals surface area contributed by atoms with Crippen molar-refractivity contribution in [2.75, 3.05) is 25.0 Å². The molecule has 0 aliphatic carbocycles. The highest BCUT2D eigenvalue weighted by Gasteiger charge is 2.19. The first-order chi connectivity index (χ1) is 20.6. The second-order valence-corrected chi connectivity index (χ2v) is 10.4. The van der Waals surface area contributed by atoms with Crippen LogP contribution in [0.3, 0.4) is 0 Å². The molecule has 7 rings (SSSR count). The fourth-order valence-electron chi connectivity index (χ4n) is 5.25. The van der Waals surface area contributed by atoms with Crippen LogP contribution < -0.4 is 10.1 Å². The van der Waals surface area contributed by atoms with E-state index in [9.17, 15) is 0 Å². The number of aromatic nitrogens is 9. The maximum Gasteiger partial charge on any atom is 0.147 e. The van der Waals surface area contributed by atoms with E-state index >= 15 is 0 Å². The summed E-state index contributed by atoms with van der Waals surface area (Å²) in [5, 5.41) is 16.1. The van der Waals surface area contributed by atoms with Gasteiger partial charge in [-0.2, -0.15) is 5.10 Å². The largest absolute Gasteiger partial charge is 0.492 e. The second kappa shape index (κ2) is 11.1. The molecule has 0 amide bonds. The highest BCUT2D eigenvalue weighted by molar-refractivity contribution is 5.64. The third-order valence-corrected chi connectivity index (χ3v) is 7.57. The molecule has 0 atom stereocenters. The number of hydrogen-bond donors (Lipinski definition) is 1. The molecule has 0 saturated heterocycles. The van der Waals surface area contributed by atoms with Crippen molar-refractivity contribution in [2.45, 2.75) is 26.6 Å². The minimum absolute atomic E-state index is 0.587. The summed E-state index contributed by atoms with van der Waals surface area (Å²) < 4.78 is 12.1. The third-order valence-electron chi connectivity index (χ3n) is 7.57. The number of nitrogens with zero attached hydrogens (tertiary/aromatic N) is 10. The van der Waals surface area contributed by atoms with Crippen molar-refractivity contribution < 1.29 is 4.74 Å². The van der Waals surface area contributed by atoms with Gasteiger partial charge in [0.15, 0.2) is 0 Å². The number of nitrogens with one attached hydrogen (secondary N) is 1. The Hall–Kier alpha value is -5.10. The number of hydrogen-bond acceptors (Lipinski definition) is 9. The fourth-order valence-corrected chi connectivity index (χ4v) is 5.25. The molecule has 212 valence electrons. The van der Waals surface area contributed by atoms with Crippen LogP contribution in [0.1, 0.15) is 17.2 Å². The first kappa shape index (κ1) is 25.8. The molecule has 0 fully saturated rings. The lowest BCUT2D eigenvalue weighted by Crippen LogP contribution is -2.36. The van der Waals surface area contributed by atoms with Crippen molar-refractivity contribution in [1.82, 2.24) is 48.8 Å². The summed E-state index contributed by atoms with van der Waals surface area (Å²) in [7, 11) is 1.92. The van der Waals surface area contributed by atoms with Gasteiger partial charge in [0.25, 0.3) is 0 Å². The van der Waals surface area contributed by atoms with Crippen LogP contribution in [0.4, 0.5) is 5.82 Å². The van der Waals surface area contributed by atoms with Crippen LogP contribution >= 0.6 is 0 Å². The van der Waals surface area contributed by atoms with Gasteiger partial charge in [-0.3, -0.25) is 14.0 Å². The standard InChI is InChI=1S/C30H31N11O/c1-21-36-37-30-19-39(9-10-40(21)30)11-12-42-25-7-8-41-27(17-32-29(41)13-25)26-14-28(34-20-33-26)31-15-22-3-5-23(6-4-22)24-16-35-38(2)18-24/h3-8,13-14,16-18,20H,9-12,15,19H2,1-2H3,(H,31,33,34). The maximum absolute atomic E-state index is 6.07. The molecular formula is C30H31N11O. The monoisotopic (exact) mass is 561 g/mol. The number of pyridine rings is 1. The molecule has 6 aromatic rings. The lowest BCUT2D eigenvalue weighted by molar-refractivity contribution is 0.174. The Kier molecular flexibility index (Phi) is 6.80. The van der Waals surface area contributed by atoms with E-state index in [2.05, 4.69) is 69.3 Å². The van der Waals surface area contributed by atoms with Crippen LogP contribution in [-0.2, 0) is 26.7 Å². The molecule has 1 N–H and O–H groups in total. The van der Waals surface area contributed by atoms with Crippen molar-refractivity contribution in [3.63, 3.8) is 0 Å². The number of imidazole rings is 1. The van der Waals surface area contributed by atoms with Gasteiger partial charge in [-0.25, -0.2) is 15.0 Å². The molecule has 0 spiro atoms. The van der Waals surface area contributed by atoms with Gasteiger partial charge in [0.05, 0.1) is 30.3 Å². The number of ether oxygens (including phenoxy) is 1. The Balaban J connectivity index is 0.968. The Morgan fingerprint density at radius 3 is 2.71 bits per heavy atom. The molecule has 6 heterocycles. The zero-order chi connectivity index (χ0) is 28.5. The Labute approximate surface area is 242 Å². The lowest BCUT2D eigenvalue weighted by Gasteiger charge is -2.27. The van der Waals surface area contributed by atoms with Crippen LogP contribution in [0, 0.1) is 6.92 Å². The minimum atomic E-state index is 0.587. The number of benzene rings is 1. The van der Waals surface area contributed by atoms with Crippen LogP contribution in [0.25, 0.3) is 28.2 Å². The molecule has 0 bridgehead atoms. The highest BCUT2D eigenvalue weighted by Crippen LogP contribution is 2.24. The average molecular weight is 562 g/mol. The van der Waals surface area contributed by atoms with Gasteiger partial charge in [-0.1, -0.05) is 24.3 Å². The highest BCUT2D eigenvalue weighted by atomic mass is 16.5. The summed E-state index contributed by atoms with van der Waals surface area (Å²) >= 11 is 0. The van der Waals surface area contributed by atoms with Gasteiger partial charge in [0.2, 0.25) is 0 Å². The first-order valence-corrected chi connectivity index (χ1v) is 13.9. The predicted octanol–water partition coefficient (Wildman–Crippen LogP) is 3.60. The van der Waals surface area contributed by atoms with Gasteiger partial charge in [-0.05, 0) is 24.1 Å². The van der Waals surface area contributed by atoms with E-state index in [-0.39, 0.29) is 0 Å². The van der Waals surface area contributed by atoms with Crippen LogP contribution in [-0.4, -0.2) is 68.5 Å². The summed E-state index contributed by atoms with van der Waals surface area (Å²) in [4.78, 5) is 15.9. The SMILES string of the molecule is Cc1nnc2n1CCN(CCOc1ccn3c(-c4cc(NCc5ccc(-c6cnn(C)c6)cc5)ncn4)cnc3c1)C2. The van der Waals surface area contributed by atoms with Crippen LogP contribution in [0.5, 0.6) is 5.75 Å². The smallest absolute Gasteiger partial charge is 0.147 e. The number of fused-ring (bicyclic) bond motifs is 2. The molecule has 1 aliphatic heterocycles. The normalized spacial score (nSPS) is 13.4. The van der Waals surface area contributed by atoms with Gasteiger partial charge in [0, 0.05) is 63.3 Å². The number of anilines is 1. The molecular weight excluding hydrogens is 530 g/mol. The van der Waals surface area contributed by atoms with Crippen LogP contribution in [0.15, 0.2) is 73.6 Å². The first-order valence-electron chi connectivity index (χ1n) is 13.9. The third kappa shape index (κ3) is 5.31. The van der Waals surface area contributed by atoms with E-state index in [1.54, 1.807) is 11.0 Å². The van der Waals surface area contributed by atoms with E-state index < -0.39 is 0 Å². The van der Waals surface area contributed by atoms with Gasteiger partial charge in [0.1, 0.15) is 41.8 Å². The van der Waals surface area contributed by atoms with Crippen molar-refractivity contribution in [2.24, 2.45) is 7.05 Å². The summed E-state index contributed by atoms with van der Waals surface area (Å²) in [6.45, 7) is 6.73. The van der Waals surface area contributed by atoms with Gasteiger partial charge < -0.3 is 14.6 Å². The molecule has 12 heteroatoms. The molecule has 1 aromatic carbocycles. The fraction of sp³-hybridized carbons (Fsp3) is 0.267. The van der Waals surface area contributed by atoms with Gasteiger partial charge >= 0.3 is 0 Å². The van der Waals surface area contributed by atoms with Crippen molar-refractivity contribution in [3.05, 3.63) is 90.8 Å². The van der Waals surface area contributed by atoms with E-state index in [4.69, 9.17) is 4.74 Å². The maximum atomic E-state index is 6.07. The zero-order valence-corrected chi connectivity index (χ0v) is 23.6. The lowest BCUT2D eigenvalue weighted by atomic mass is 10.1. The second-order valence-electron chi connectivity index (χ2n) is 10.4. The summed E-state index contributed by atoms with van der Waals surface area (Å²) in [5.41, 5.74) is 5.86. The van der Waals surface area contributed by atoms with E-state index in [0.29, 0.717) is 13.2 Å². The predicted molar refractivity (Wildman–Crippen MR) is 158 cm³/mol. The van der Waals surface area contributed by atoms with Crippen molar-refractivity contribution >= 4 is 11.5 Å². The topological polar surface area (TPSA) is 116 Å². The molecule has 0 unspecified atom stereocenters. The molecule has 0 saturated carbocycles. The summed E-state index contributed by atoms with van der Waals surface area (Å²) in [5.74, 6) is 3.53. The average Bonchev–Trinajstić information content (AvgIpc) is 3.75. The van der Waals surface area contributed by atoms with Gasteiger partial charge in [-0.15, -0.1) is 10.2 Å². The molecule has 1 aliphatic rings. The van der Waals surface area contributed by atoms with Crippen LogP contribution in [0.2, 0.25) is 0 Å². The van der Waals surface area contributed by atoms with Crippen molar-refractivity contribution in [1.29, 1.82) is 0 Å². The van der Waals surface area contributed by atoms with E-state index in [1.165, 1.54) is 0 Å². The number of aryl methyl sites for hydroxylation is 2. The molecule has 0 radical (unpaired) electrons. The summed E-state index contributed by atoms with van der Waals surface area (Å²) in [6, 6.07) is 14.3. The Morgan fingerprint density at radius 2 is 1.86 bits per heavy atom. The molecule has 12 nitrogen and oxygen atoms in total. The van der Waals surface area contributed by atoms with E-state index in [1.807, 2.05) is 61.4 Å². The Bertz CT molecular complexity index is 1840. The number of rotatable bonds is 9. The zero-order valence-electron chi connectivity index (χ0n) is 23.6. The van der Waals surface area contributed by atoms with E-state index in [0.717, 1.165) is 83.1 Å². The van der Waals surface area contributed by atoms with Crippen molar-refractivity contribution in [3.8, 4) is 28.3 Å². The Morgan fingerprint density at radius 1 is 0.952 bits per heavy atom. The molecule has 42 heavy (non-hydrogen) atoms. The molecule has 5 aromatic heterocycles. The minimum Gasteiger partial charge on any atom is -0.492 e.